The van der Waals surface area contributed by atoms with Crippen LogP contribution in [0.15, 0.2) is 24.8 Å². The van der Waals surface area contributed by atoms with Crippen molar-refractivity contribution in [2.75, 3.05) is 0 Å². The molecule has 0 saturated heterocycles. The second-order valence-corrected chi connectivity index (χ2v) is 4.34. The molecular weight excluding hydrogens is 222 g/mol. The Balaban J connectivity index is 2.10. The summed E-state index contributed by atoms with van der Waals surface area (Å²) in [7, 11) is 0. The number of hydrogen-bond acceptors (Lipinski definition) is 4. The Morgan fingerprint density at radius 2 is 2.43 bits per heavy atom. The Morgan fingerprint density at radius 3 is 3.00 bits per heavy atom. The molecule has 0 aromatic carbocycles. The van der Waals surface area contributed by atoms with Gasteiger partial charge in [0, 0.05) is 0 Å². The van der Waals surface area contributed by atoms with E-state index in [4.69, 9.17) is 11.6 Å². The minimum Gasteiger partial charge on any atom is -0.291 e. The molecule has 2 aromatic heterocycles. The van der Waals surface area contributed by atoms with Gasteiger partial charge < -0.3 is 0 Å². The lowest BCUT2D eigenvalue weighted by atomic mass is 10.3. The fourth-order valence-electron chi connectivity index (χ4n) is 1.00. The van der Waals surface area contributed by atoms with E-state index in [2.05, 4.69) is 10.1 Å². The number of Topliss-reactive ketones (excluding diaryl/α,β-unsaturated/α-hetero) is 1. The third kappa shape index (κ3) is 2.00. The van der Waals surface area contributed by atoms with Crippen LogP contribution < -0.4 is 0 Å². The molecule has 0 aliphatic carbocycles. The van der Waals surface area contributed by atoms with Gasteiger partial charge in [0.2, 0.25) is 0 Å². The summed E-state index contributed by atoms with van der Waals surface area (Å²) in [5.74, 6) is -0.00704. The zero-order valence-electron chi connectivity index (χ0n) is 7.05. The van der Waals surface area contributed by atoms with Crippen molar-refractivity contribution in [3.63, 3.8) is 0 Å². The van der Waals surface area contributed by atoms with Crippen LogP contribution in [-0.4, -0.2) is 20.5 Å². The molecule has 2 rings (SSSR count). The van der Waals surface area contributed by atoms with Gasteiger partial charge in [-0.25, -0.2) is 9.67 Å². The molecule has 14 heavy (non-hydrogen) atoms. The highest BCUT2D eigenvalue weighted by Crippen LogP contribution is 2.21. The largest absolute Gasteiger partial charge is 0.291 e. The number of hydrogen-bond donors (Lipinski definition) is 0. The molecule has 0 saturated carbocycles. The van der Waals surface area contributed by atoms with Crippen LogP contribution in [0.5, 0.6) is 0 Å². The van der Waals surface area contributed by atoms with E-state index in [1.165, 1.54) is 28.7 Å². The van der Waals surface area contributed by atoms with E-state index in [1.54, 1.807) is 12.1 Å². The maximum Gasteiger partial charge on any atom is 0.194 e. The molecule has 6 heteroatoms. The predicted octanol–water partition coefficient (Wildman–Crippen LogP) is 1.88. The van der Waals surface area contributed by atoms with Gasteiger partial charge in [0.05, 0.1) is 9.21 Å². The molecule has 0 bridgehead atoms. The normalized spacial score (nSPS) is 10.4. The standard InChI is InChI=1S/C8H6ClN3OS/c9-8-2-1-7(14-8)6(13)3-12-5-10-4-11-12/h1-2,4-5H,3H2. The molecule has 0 spiro atoms. The highest BCUT2D eigenvalue weighted by atomic mass is 35.5. The van der Waals surface area contributed by atoms with Gasteiger partial charge in [-0.2, -0.15) is 5.10 Å². The second kappa shape index (κ2) is 3.89. The Labute approximate surface area is 89.2 Å². The number of rotatable bonds is 3. The summed E-state index contributed by atoms with van der Waals surface area (Å²) < 4.78 is 2.10. The molecule has 0 fully saturated rings. The lowest BCUT2D eigenvalue weighted by Gasteiger charge is -1.96. The van der Waals surface area contributed by atoms with E-state index < -0.39 is 0 Å². The zero-order valence-corrected chi connectivity index (χ0v) is 8.63. The monoisotopic (exact) mass is 227 g/mol. The summed E-state index contributed by atoms with van der Waals surface area (Å²) in [6.07, 6.45) is 2.90. The van der Waals surface area contributed by atoms with Crippen LogP contribution in [0.3, 0.4) is 0 Å². The van der Waals surface area contributed by atoms with Crippen LogP contribution >= 0.6 is 22.9 Å². The first-order valence-electron chi connectivity index (χ1n) is 3.86. The van der Waals surface area contributed by atoms with E-state index >= 15 is 0 Å². The van der Waals surface area contributed by atoms with Crippen molar-refractivity contribution < 1.29 is 4.79 Å². The summed E-state index contributed by atoms with van der Waals surface area (Å²) >= 11 is 6.99. The summed E-state index contributed by atoms with van der Waals surface area (Å²) in [6.45, 7) is 0.205. The molecule has 0 amide bonds. The fraction of sp³-hybridized carbons (Fsp3) is 0.125. The summed E-state index contributed by atoms with van der Waals surface area (Å²) in [4.78, 5) is 16.0. The number of carbonyl (C=O) groups is 1. The van der Waals surface area contributed by atoms with E-state index in [0.29, 0.717) is 9.21 Å². The lowest BCUT2D eigenvalue weighted by molar-refractivity contribution is 0.0971. The average molecular weight is 228 g/mol. The minimum atomic E-state index is -0.00704. The quantitative estimate of drug-likeness (QED) is 0.753. The molecule has 0 radical (unpaired) electrons. The highest BCUT2D eigenvalue weighted by molar-refractivity contribution is 7.18. The van der Waals surface area contributed by atoms with Crippen molar-refractivity contribution in [1.82, 2.24) is 14.8 Å². The van der Waals surface area contributed by atoms with Gasteiger partial charge in [0.1, 0.15) is 19.2 Å². The van der Waals surface area contributed by atoms with Crippen LogP contribution in [0.25, 0.3) is 0 Å². The van der Waals surface area contributed by atoms with Crippen molar-refractivity contribution in [1.29, 1.82) is 0 Å². The van der Waals surface area contributed by atoms with E-state index in [1.807, 2.05) is 0 Å². The maximum absolute atomic E-state index is 11.6. The van der Waals surface area contributed by atoms with Gasteiger partial charge in [-0.1, -0.05) is 11.6 Å². The molecule has 4 nitrogen and oxygen atoms in total. The van der Waals surface area contributed by atoms with Crippen LogP contribution in [0.2, 0.25) is 4.34 Å². The van der Waals surface area contributed by atoms with Crippen molar-refractivity contribution >= 4 is 28.7 Å². The zero-order chi connectivity index (χ0) is 9.97. The average Bonchev–Trinajstić information content (AvgIpc) is 2.75. The molecule has 0 unspecified atom stereocenters. The first-order chi connectivity index (χ1) is 6.75. The van der Waals surface area contributed by atoms with Crippen molar-refractivity contribution in [3.05, 3.63) is 34.0 Å². The van der Waals surface area contributed by atoms with Gasteiger partial charge >= 0.3 is 0 Å². The topological polar surface area (TPSA) is 47.8 Å². The van der Waals surface area contributed by atoms with Crippen LogP contribution in [0.4, 0.5) is 0 Å². The number of aromatic nitrogens is 3. The van der Waals surface area contributed by atoms with Gasteiger partial charge in [0.25, 0.3) is 0 Å². The molecule has 0 aliphatic heterocycles. The minimum absolute atomic E-state index is 0.00704. The van der Waals surface area contributed by atoms with Gasteiger partial charge in [-0.05, 0) is 12.1 Å². The highest BCUT2D eigenvalue weighted by Gasteiger charge is 2.09. The van der Waals surface area contributed by atoms with E-state index in [9.17, 15) is 4.79 Å². The molecular formula is C8H6ClN3OS. The summed E-state index contributed by atoms with van der Waals surface area (Å²) in [5.41, 5.74) is 0. The Bertz CT molecular complexity index is 437. The smallest absolute Gasteiger partial charge is 0.194 e. The van der Waals surface area contributed by atoms with Crippen LogP contribution in [-0.2, 0) is 6.54 Å². The van der Waals surface area contributed by atoms with Gasteiger partial charge in [0.15, 0.2) is 5.78 Å². The number of nitrogens with zero attached hydrogens (tertiary/aromatic N) is 3. The molecule has 0 N–H and O–H groups in total. The third-order valence-electron chi connectivity index (χ3n) is 1.62. The third-order valence-corrected chi connectivity index (χ3v) is 2.89. The molecule has 2 aromatic rings. The predicted molar refractivity (Wildman–Crippen MR) is 53.7 cm³/mol. The first kappa shape index (κ1) is 9.36. The van der Waals surface area contributed by atoms with Gasteiger partial charge in [-0.15, -0.1) is 11.3 Å². The van der Waals surface area contributed by atoms with Crippen LogP contribution in [0, 0.1) is 0 Å². The van der Waals surface area contributed by atoms with Crippen molar-refractivity contribution in [2.45, 2.75) is 6.54 Å². The first-order valence-corrected chi connectivity index (χ1v) is 5.06. The Hall–Kier alpha value is -1.20. The number of halogens is 1. The Morgan fingerprint density at radius 1 is 1.57 bits per heavy atom. The van der Waals surface area contributed by atoms with Crippen molar-refractivity contribution in [3.8, 4) is 0 Å². The summed E-state index contributed by atoms with van der Waals surface area (Å²) in [5, 5.41) is 3.84. The maximum atomic E-state index is 11.6. The fourth-order valence-corrected chi connectivity index (χ4v) is 1.98. The van der Waals surface area contributed by atoms with Crippen molar-refractivity contribution in [2.24, 2.45) is 0 Å². The summed E-state index contributed by atoms with van der Waals surface area (Å²) in [6, 6.07) is 3.42. The molecule has 2 heterocycles. The number of ketones is 1. The molecule has 72 valence electrons. The van der Waals surface area contributed by atoms with Gasteiger partial charge in [-0.3, -0.25) is 4.79 Å². The SMILES string of the molecule is O=C(Cn1cncn1)c1ccc(Cl)s1. The van der Waals surface area contributed by atoms with E-state index in [0.717, 1.165) is 0 Å². The number of carbonyl (C=O) groups excluding carboxylic acids is 1. The second-order valence-electron chi connectivity index (χ2n) is 2.62. The molecule has 0 aliphatic rings. The Kier molecular flexibility index (Phi) is 2.60. The van der Waals surface area contributed by atoms with Crippen LogP contribution in [0.1, 0.15) is 9.67 Å². The molecule has 0 atom stereocenters. The number of thiophene rings is 1. The van der Waals surface area contributed by atoms with E-state index in [-0.39, 0.29) is 12.3 Å². The lowest BCUT2D eigenvalue weighted by Crippen LogP contribution is -2.09.